The Balaban J connectivity index is 1.84. The molecular formula is C23H20Cl2N2O2S. The Morgan fingerprint density at radius 3 is 2.20 bits per heavy atom. The highest BCUT2D eigenvalue weighted by atomic mass is 35.5. The molecule has 2 aromatic carbocycles. The summed E-state index contributed by atoms with van der Waals surface area (Å²) in [5.74, 6) is -0.351. The van der Waals surface area contributed by atoms with Gasteiger partial charge in [0, 0.05) is 10.0 Å². The maximum absolute atomic E-state index is 12.6. The number of allylic oxidation sites excluding steroid dienone is 1. The molecule has 0 N–H and O–H groups in total. The van der Waals surface area contributed by atoms with Crippen molar-refractivity contribution < 1.29 is 9.53 Å². The van der Waals surface area contributed by atoms with Crippen LogP contribution in [0.25, 0.3) is 0 Å². The van der Waals surface area contributed by atoms with Crippen molar-refractivity contribution in [1.29, 1.82) is 0 Å². The fraction of sp³-hybridized carbons (Fsp3) is 0.217. The number of rotatable bonds is 5. The van der Waals surface area contributed by atoms with Gasteiger partial charge in [-0.05, 0) is 66.6 Å². The maximum Gasteiger partial charge on any atom is 0.347 e. The van der Waals surface area contributed by atoms with Crippen LogP contribution in [0.3, 0.4) is 0 Å². The first-order valence-electron chi connectivity index (χ1n) is 9.53. The van der Waals surface area contributed by atoms with Crippen molar-refractivity contribution in [2.75, 3.05) is 6.61 Å². The third-order valence-electron chi connectivity index (χ3n) is 4.97. The van der Waals surface area contributed by atoms with Crippen LogP contribution in [0, 0.1) is 0 Å². The number of fused-ring (bicyclic) bond motifs is 1. The van der Waals surface area contributed by atoms with Crippen LogP contribution >= 0.6 is 35.0 Å². The Morgan fingerprint density at radius 2 is 1.67 bits per heavy atom. The predicted molar refractivity (Wildman–Crippen MR) is 124 cm³/mol. The van der Waals surface area contributed by atoms with Gasteiger partial charge in [-0.25, -0.2) is 4.79 Å². The molecule has 4 rings (SSSR count). The summed E-state index contributed by atoms with van der Waals surface area (Å²) in [6.45, 7) is 8.13. The summed E-state index contributed by atoms with van der Waals surface area (Å²) in [5, 5.41) is 2.10. The molecule has 0 saturated heterocycles. The van der Waals surface area contributed by atoms with Crippen molar-refractivity contribution in [3.05, 3.63) is 92.5 Å². The number of hydrogen-bond donors (Lipinski definition) is 0. The van der Waals surface area contributed by atoms with E-state index in [9.17, 15) is 4.79 Å². The molecule has 154 valence electrons. The molecule has 2 aromatic rings. The van der Waals surface area contributed by atoms with Gasteiger partial charge in [-0.15, -0.1) is 0 Å². The quantitative estimate of drug-likeness (QED) is 0.476. The first kappa shape index (κ1) is 21.0. The molecule has 0 amide bonds. The van der Waals surface area contributed by atoms with Crippen molar-refractivity contribution in [2.45, 2.75) is 25.9 Å². The normalized spacial score (nSPS) is 20.3. The minimum Gasteiger partial charge on any atom is -0.462 e. The second kappa shape index (κ2) is 8.50. The standard InChI is InChI=1S/C23H20Cl2N2O2S/c1-4-29-22(28)21-19(13(2)3)27-20(15-7-11-17(25)12-8-15)18(26-23(27)30-21)14-5-9-16(24)10-6-14/h5-12,18,20H,2,4H2,1,3H3. The summed E-state index contributed by atoms with van der Waals surface area (Å²) in [6, 6.07) is 15.1. The van der Waals surface area contributed by atoms with Crippen molar-refractivity contribution in [2.24, 2.45) is 4.99 Å². The minimum atomic E-state index is -0.351. The van der Waals surface area contributed by atoms with E-state index in [0.717, 1.165) is 27.6 Å². The fourth-order valence-corrected chi connectivity index (χ4v) is 5.13. The number of esters is 1. The number of amidine groups is 1. The van der Waals surface area contributed by atoms with Crippen LogP contribution in [-0.2, 0) is 9.53 Å². The fourth-order valence-electron chi connectivity index (χ4n) is 3.71. The number of thioether (sulfide) groups is 1. The minimum absolute atomic E-state index is 0.149. The number of carbonyl (C=O) groups excluding carboxylic acids is 1. The van der Waals surface area contributed by atoms with Crippen molar-refractivity contribution in [1.82, 2.24) is 4.90 Å². The van der Waals surface area contributed by atoms with Crippen LogP contribution < -0.4 is 0 Å². The van der Waals surface area contributed by atoms with E-state index >= 15 is 0 Å². The highest BCUT2D eigenvalue weighted by Crippen LogP contribution is 2.53. The third-order valence-corrected chi connectivity index (χ3v) is 6.52. The zero-order chi connectivity index (χ0) is 21.4. The molecule has 2 unspecified atom stereocenters. The van der Waals surface area contributed by atoms with Gasteiger partial charge in [-0.3, -0.25) is 4.99 Å². The van der Waals surface area contributed by atoms with Gasteiger partial charge < -0.3 is 9.64 Å². The summed E-state index contributed by atoms with van der Waals surface area (Å²) in [6.07, 6.45) is 0. The number of benzene rings is 2. The van der Waals surface area contributed by atoms with Crippen LogP contribution in [0.1, 0.15) is 37.1 Å². The van der Waals surface area contributed by atoms with Crippen molar-refractivity contribution in [3.8, 4) is 0 Å². The zero-order valence-electron chi connectivity index (χ0n) is 16.6. The van der Waals surface area contributed by atoms with E-state index in [1.54, 1.807) is 6.92 Å². The molecule has 0 aliphatic carbocycles. The molecule has 0 aromatic heterocycles. The molecule has 0 fully saturated rings. The zero-order valence-corrected chi connectivity index (χ0v) is 18.9. The lowest BCUT2D eigenvalue weighted by Gasteiger charge is -2.30. The van der Waals surface area contributed by atoms with E-state index in [1.807, 2.05) is 55.5 Å². The van der Waals surface area contributed by atoms with Gasteiger partial charge in [0.05, 0.1) is 18.3 Å². The molecular weight excluding hydrogens is 439 g/mol. The second-order valence-corrected chi connectivity index (χ2v) is 8.91. The Kier molecular flexibility index (Phi) is 5.96. The lowest BCUT2D eigenvalue weighted by atomic mass is 9.93. The van der Waals surface area contributed by atoms with Gasteiger partial charge >= 0.3 is 5.97 Å². The van der Waals surface area contributed by atoms with E-state index in [1.165, 1.54) is 11.8 Å². The molecule has 0 bridgehead atoms. The Bertz CT molecular complexity index is 1060. The van der Waals surface area contributed by atoms with Crippen LogP contribution in [0.2, 0.25) is 10.0 Å². The number of nitrogens with zero attached hydrogens (tertiary/aromatic N) is 2. The van der Waals surface area contributed by atoms with Crippen molar-refractivity contribution in [3.63, 3.8) is 0 Å². The van der Waals surface area contributed by atoms with E-state index < -0.39 is 0 Å². The van der Waals surface area contributed by atoms with E-state index in [4.69, 9.17) is 32.9 Å². The molecule has 2 heterocycles. The molecule has 0 spiro atoms. The monoisotopic (exact) mass is 458 g/mol. The number of aliphatic imine (C=N–C) groups is 1. The summed E-state index contributed by atoms with van der Waals surface area (Å²) < 4.78 is 5.28. The average Bonchev–Trinajstić information content (AvgIpc) is 3.26. The first-order chi connectivity index (χ1) is 14.4. The Hall–Kier alpha value is -2.21. The van der Waals surface area contributed by atoms with Crippen LogP contribution in [-0.4, -0.2) is 22.6 Å². The molecule has 7 heteroatoms. The predicted octanol–water partition coefficient (Wildman–Crippen LogP) is 6.55. The van der Waals surface area contributed by atoms with Crippen molar-refractivity contribution >= 4 is 46.1 Å². The third kappa shape index (κ3) is 3.78. The number of carbonyl (C=O) groups is 1. The van der Waals surface area contributed by atoms with Crippen LogP contribution in [0.4, 0.5) is 0 Å². The lowest BCUT2D eigenvalue weighted by Crippen LogP contribution is -2.27. The maximum atomic E-state index is 12.6. The SMILES string of the molecule is C=C(C)C1=C(C(=O)OCC)SC2=NC(c3ccc(Cl)cc3)C(c3ccc(Cl)cc3)N21. The summed E-state index contributed by atoms with van der Waals surface area (Å²) in [7, 11) is 0. The molecule has 2 aliphatic heterocycles. The van der Waals surface area contributed by atoms with Gasteiger partial charge in [-0.1, -0.05) is 54.0 Å². The van der Waals surface area contributed by atoms with Gasteiger partial charge in [0.2, 0.25) is 0 Å². The average molecular weight is 459 g/mol. The lowest BCUT2D eigenvalue weighted by molar-refractivity contribution is -0.137. The van der Waals surface area contributed by atoms with Gasteiger partial charge in [0.25, 0.3) is 0 Å². The summed E-state index contributed by atoms with van der Waals surface area (Å²) in [5.41, 5.74) is 3.63. The topological polar surface area (TPSA) is 41.9 Å². The Labute approximate surface area is 190 Å². The number of hydrogen-bond acceptors (Lipinski definition) is 5. The molecule has 4 nitrogen and oxygen atoms in total. The number of ether oxygens (including phenoxy) is 1. The van der Waals surface area contributed by atoms with E-state index in [0.29, 0.717) is 21.6 Å². The largest absolute Gasteiger partial charge is 0.462 e. The molecule has 2 aliphatic rings. The molecule has 0 saturated carbocycles. The van der Waals surface area contributed by atoms with E-state index in [2.05, 4.69) is 11.5 Å². The summed E-state index contributed by atoms with van der Waals surface area (Å²) >= 11 is 13.6. The highest BCUT2D eigenvalue weighted by Gasteiger charge is 2.46. The van der Waals surface area contributed by atoms with E-state index in [-0.39, 0.29) is 18.1 Å². The molecule has 0 radical (unpaired) electrons. The first-order valence-corrected chi connectivity index (χ1v) is 11.1. The molecule has 30 heavy (non-hydrogen) atoms. The smallest absolute Gasteiger partial charge is 0.347 e. The highest BCUT2D eigenvalue weighted by molar-refractivity contribution is 8.18. The van der Waals surface area contributed by atoms with Crippen LogP contribution in [0.15, 0.2) is 76.3 Å². The van der Waals surface area contributed by atoms with Gasteiger partial charge in [-0.2, -0.15) is 0 Å². The van der Waals surface area contributed by atoms with Crippen LogP contribution in [0.5, 0.6) is 0 Å². The van der Waals surface area contributed by atoms with Gasteiger partial charge in [0.1, 0.15) is 10.9 Å². The van der Waals surface area contributed by atoms with Gasteiger partial charge in [0.15, 0.2) is 5.17 Å². The Morgan fingerprint density at radius 1 is 1.10 bits per heavy atom. The second-order valence-electron chi connectivity index (χ2n) is 7.06. The summed E-state index contributed by atoms with van der Waals surface area (Å²) in [4.78, 5) is 20.2. The molecule has 2 atom stereocenters. The number of halogens is 2.